The van der Waals surface area contributed by atoms with Crippen LogP contribution in [0.25, 0.3) is 0 Å². The Balaban J connectivity index is 2.21. The van der Waals surface area contributed by atoms with Crippen LogP contribution < -0.4 is 5.32 Å². The van der Waals surface area contributed by atoms with Gasteiger partial charge in [-0.05, 0) is 37.3 Å². The van der Waals surface area contributed by atoms with E-state index in [1.807, 2.05) is 6.92 Å². The fourth-order valence-electron chi connectivity index (χ4n) is 3.00. The molecule has 21 heavy (non-hydrogen) atoms. The van der Waals surface area contributed by atoms with Crippen molar-refractivity contribution in [1.82, 2.24) is 0 Å². The third-order valence-electron chi connectivity index (χ3n) is 4.09. The standard InChI is InChI=1S/C16H18N2O3/c1-9-6-11(12(7-9)16(20)21)15(19)18-14-5-3-4-10(2)13(14)8-17/h3-5,9,11-12H,6-7H2,1-2H3,(H,18,19)(H,20,21). The fraction of sp³-hybridized carbons (Fsp3) is 0.438. The second-order valence-corrected chi connectivity index (χ2v) is 5.73. The molecule has 1 saturated carbocycles. The Kier molecular flexibility index (Phi) is 4.27. The lowest BCUT2D eigenvalue weighted by Crippen LogP contribution is -2.30. The molecule has 3 atom stereocenters. The van der Waals surface area contributed by atoms with Crippen LogP contribution in [-0.4, -0.2) is 17.0 Å². The maximum Gasteiger partial charge on any atom is 0.307 e. The van der Waals surface area contributed by atoms with E-state index < -0.39 is 17.8 Å². The van der Waals surface area contributed by atoms with Gasteiger partial charge in [-0.1, -0.05) is 19.1 Å². The number of nitriles is 1. The zero-order chi connectivity index (χ0) is 15.6. The summed E-state index contributed by atoms with van der Waals surface area (Å²) in [6.07, 6.45) is 1.09. The quantitative estimate of drug-likeness (QED) is 0.893. The van der Waals surface area contributed by atoms with Crippen molar-refractivity contribution in [2.45, 2.75) is 26.7 Å². The highest BCUT2D eigenvalue weighted by Crippen LogP contribution is 2.37. The number of aliphatic carboxylic acids is 1. The van der Waals surface area contributed by atoms with Crippen molar-refractivity contribution in [3.63, 3.8) is 0 Å². The molecular weight excluding hydrogens is 268 g/mol. The zero-order valence-corrected chi connectivity index (χ0v) is 12.1. The van der Waals surface area contributed by atoms with Crippen molar-refractivity contribution in [1.29, 1.82) is 5.26 Å². The molecule has 0 aliphatic heterocycles. The van der Waals surface area contributed by atoms with Gasteiger partial charge in [0.2, 0.25) is 5.91 Å². The minimum atomic E-state index is -0.927. The van der Waals surface area contributed by atoms with Gasteiger partial charge in [-0.15, -0.1) is 0 Å². The molecule has 1 aliphatic rings. The third-order valence-corrected chi connectivity index (χ3v) is 4.09. The van der Waals surface area contributed by atoms with Crippen LogP contribution in [0.5, 0.6) is 0 Å². The summed E-state index contributed by atoms with van der Waals surface area (Å²) in [5.74, 6) is -2.20. The lowest BCUT2D eigenvalue weighted by molar-refractivity contribution is -0.145. The number of hydrogen-bond acceptors (Lipinski definition) is 3. The summed E-state index contributed by atoms with van der Waals surface area (Å²) < 4.78 is 0. The van der Waals surface area contributed by atoms with Crippen molar-refractivity contribution in [3.8, 4) is 6.07 Å². The molecule has 110 valence electrons. The van der Waals surface area contributed by atoms with Crippen LogP contribution in [0.1, 0.15) is 30.9 Å². The number of carboxylic acid groups (broad SMARTS) is 1. The highest BCUT2D eigenvalue weighted by atomic mass is 16.4. The Morgan fingerprint density at radius 3 is 2.62 bits per heavy atom. The normalized spacial score (nSPS) is 24.3. The Hall–Kier alpha value is -2.35. The van der Waals surface area contributed by atoms with Crippen LogP contribution in [0.4, 0.5) is 5.69 Å². The smallest absolute Gasteiger partial charge is 0.307 e. The molecule has 2 rings (SSSR count). The zero-order valence-electron chi connectivity index (χ0n) is 12.1. The Morgan fingerprint density at radius 1 is 1.33 bits per heavy atom. The first kappa shape index (κ1) is 15.0. The van der Waals surface area contributed by atoms with E-state index in [0.29, 0.717) is 24.1 Å². The van der Waals surface area contributed by atoms with E-state index in [1.54, 1.807) is 25.1 Å². The van der Waals surface area contributed by atoms with E-state index in [-0.39, 0.29) is 11.8 Å². The molecule has 0 saturated heterocycles. The average molecular weight is 286 g/mol. The molecule has 5 heteroatoms. The van der Waals surface area contributed by atoms with E-state index in [1.165, 1.54) is 0 Å². The lowest BCUT2D eigenvalue weighted by atomic mass is 9.95. The number of benzene rings is 1. The van der Waals surface area contributed by atoms with E-state index >= 15 is 0 Å². The third kappa shape index (κ3) is 3.05. The molecule has 1 aliphatic carbocycles. The van der Waals surface area contributed by atoms with Gasteiger partial charge in [0.05, 0.1) is 23.1 Å². The first-order valence-corrected chi connectivity index (χ1v) is 6.97. The monoisotopic (exact) mass is 286 g/mol. The van der Waals surface area contributed by atoms with Crippen LogP contribution in [0, 0.1) is 36.0 Å². The molecule has 3 unspecified atom stereocenters. The first-order chi connectivity index (χ1) is 9.93. The van der Waals surface area contributed by atoms with E-state index in [4.69, 9.17) is 5.26 Å². The van der Waals surface area contributed by atoms with Crippen LogP contribution in [0.15, 0.2) is 18.2 Å². The summed E-state index contributed by atoms with van der Waals surface area (Å²) in [4.78, 5) is 23.6. The van der Waals surface area contributed by atoms with Crippen molar-refractivity contribution in [2.75, 3.05) is 5.32 Å². The molecule has 1 aromatic carbocycles. The number of carboxylic acids is 1. The first-order valence-electron chi connectivity index (χ1n) is 6.97. The highest BCUT2D eigenvalue weighted by Gasteiger charge is 2.41. The Labute approximate surface area is 123 Å². The number of anilines is 1. The van der Waals surface area contributed by atoms with E-state index in [0.717, 1.165) is 5.56 Å². The van der Waals surface area contributed by atoms with E-state index in [2.05, 4.69) is 11.4 Å². The second-order valence-electron chi connectivity index (χ2n) is 5.73. The van der Waals surface area contributed by atoms with Gasteiger partial charge in [0, 0.05) is 0 Å². The van der Waals surface area contributed by atoms with Crippen LogP contribution >= 0.6 is 0 Å². The van der Waals surface area contributed by atoms with Gasteiger partial charge >= 0.3 is 5.97 Å². The summed E-state index contributed by atoms with van der Waals surface area (Å²) in [6, 6.07) is 7.29. The van der Waals surface area contributed by atoms with Crippen molar-refractivity contribution < 1.29 is 14.7 Å². The molecule has 0 heterocycles. The van der Waals surface area contributed by atoms with Gasteiger partial charge in [0.15, 0.2) is 0 Å². The van der Waals surface area contributed by atoms with Crippen LogP contribution in [0.3, 0.4) is 0 Å². The second kappa shape index (κ2) is 5.96. The summed E-state index contributed by atoms with van der Waals surface area (Å²) in [5.41, 5.74) is 1.65. The maximum atomic E-state index is 12.4. The highest BCUT2D eigenvalue weighted by molar-refractivity contribution is 5.96. The number of nitrogens with one attached hydrogen (secondary N) is 1. The molecule has 5 nitrogen and oxygen atoms in total. The van der Waals surface area contributed by atoms with Crippen molar-refractivity contribution in [3.05, 3.63) is 29.3 Å². The van der Waals surface area contributed by atoms with Gasteiger partial charge in [0.1, 0.15) is 6.07 Å². The van der Waals surface area contributed by atoms with Gasteiger partial charge < -0.3 is 10.4 Å². The number of carbonyl (C=O) groups is 2. The lowest BCUT2D eigenvalue weighted by Gasteiger charge is -2.16. The molecule has 0 radical (unpaired) electrons. The van der Waals surface area contributed by atoms with Crippen molar-refractivity contribution >= 4 is 17.6 Å². The van der Waals surface area contributed by atoms with Gasteiger partial charge in [0.25, 0.3) is 0 Å². The number of nitrogens with zero attached hydrogens (tertiary/aromatic N) is 1. The number of rotatable bonds is 3. The fourth-order valence-corrected chi connectivity index (χ4v) is 3.00. The predicted octanol–water partition coefficient (Wildman–Crippen LogP) is 2.55. The minimum absolute atomic E-state index is 0.217. The van der Waals surface area contributed by atoms with Gasteiger partial charge in [-0.25, -0.2) is 0 Å². The van der Waals surface area contributed by atoms with Crippen molar-refractivity contribution in [2.24, 2.45) is 17.8 Å². The summed E-state index contributed by atoms with van der Waals surface area (Å²) in [6.45, 7) is 3.75. The molecule has 1 aromatic rings. The largest absolute Gasteiger partial charge is 0.481 e. The molecule has 0 spiro atoms. The van der Waals surface area contributed by atoms with E-state index in [9.17, 15) is 14.7 Å². The number of carbonyl (C=O) groups excluding carboxylic acids is 1. The topological polar surface area (TPSA) is 90.2 Å². The Morgan fingerprint density at radius 2 is 2.00 bits per heavy atom. The summed E-state index contributed by atoms with van der Waals surface area (Å²) in [5, 5.41) is 21.1. The average Bonchev–Trinajstić information content (AvgIpc) is 2.81. The molecule has 1 amide bonds. The molecule has 1 fully saturated rings. The van der Waals surface area contributed by atoms with Crippen LogP contribution in [0.2, 0.25) is 0 Å². The maximum absolute atomic E-state index is 12.4. The SMILES string of the molecule is Cc1cccc(NC(=O)C2CC(C)CC2C(=O)O)c1C#N. The summed E-state index contributed by atoms with van der Waals surface area (Å²) >= 11 is 0. The summed E-state index contributed by atoms with van der Waals surface area (Å²) in [7, 11) is 0. The minimum Gasteiger partial charge on any atom is -0.481 e. The molecule has 0 bridgehead atoms. The number of aryl methyl sites for hydroxylation is 1. The molecule has 2 N–H and O–H groups in total. The number of amides is 1. The molecule has 0 aromatic heterocycles. The predicted molar refractivity (Wildman–Crippen MR) is 77.5 cm³/mol. The Bertz CT molecular complexity index is 618. The van der Waals surface area contributed by atoms with Gasteiger partial charge in [-0.3, -0.25) is 9.59 Å². The van der Waals surface area contributed by atoms with Gasteiger partial charge in [-0.2, -0.15) is 5.26 Å². The van der Waals surface area contributed by atoms with Crippen LogP contribution in [-0.2, 0) is 9.59 Å². The molecular formula is C16H18N2O3. The number of hydrogen-bond donors (Lipinski definition) is 2.